The van der Waals surface area contributed by atoms with Gasteiger partial charge in [0.15, 0.2) is 0 Å². The van der Waals surface area contributed by atoms with Crippen LogP contribution < -0.4 is 5.32 Å². The van der Waals surface area contributed by atoms with Crippen LogP contribution in [0, 0.1) is 0 Å². The van der Waals surface area contributed by atoms with E-state index in [0.717, 1.165) is 10.7 Å². The van der Waals surface area contributed by atoms with Gasteiger partial charge in [0.2, 0.25) is 5.91 Å². The molecule has 1 amide bonds. The van der Waals surface area contributed by atoms with Gasteiger partial charge in [0.1, 0.15) is 0 Å². The predicted octanol–water partition coefficient (Wildman–Crippen LogP) is 4.02. The summed E-state index contributed by atoms with van der Waals surface area (Å²) in [6, 6.07) is 10.4. The number of rotatable bonds is 5. The number of anilines is 1. The number of thioether (sulfide) groups is 2. The Morgan fingerprint density at radius 1 is 1.23 bits per heavy atom. The molecule has 5 heteroatoms. The molecular formula is C17H18N2OS2. The maximum atomic E-state index is 12.0. The Kier molecular flexibility index (Phi) is 5.05. The number of amides is 1. The van der Waals surface area contributed by atoms with E-state index in [-0.39, 0.29) is 5.91 Å². The van der Waals surface area contributed by atoms with Crippen LogP contribution in [0.15, 0.2) is 46.5 Å². The molecule has 1 aromatic carbocycles. The molecule has 22 heavy (non-hydrogen) atoms. The third-order valence-corrected chi connectivity index (χ3v) is 5.32. The van der Waals surface area contributed by atoms with Crippen LogP contribution in [0.4, 0.5) is 5.69 Å². The van der Waals surface area contributed by atoms with Gasteiger partial charge >= 0.3 is 0 Å². The second kappa shape index (κ2) is 7.20. The number of carbonyl (C=O) groups is 1. The highest BCUT2D eigenvalue weighted by molar-refractivity contribution is 8.00. The molecule has 3 nitrogen and oxygen atoms in total. The highest BCUT2D eigenvalue weighted by Gasteiger charge is 2.11. The molecule has 3 rings (SSSR count). The Morgan fingerprint density at radius 3 is 2.86 bits per heavy atom. The third-order valence-electron chi connectivity index (χ3n) is 3.67. The summed E-state index contributed by atoms with van der Waals surface area (Å²) >= 11 is 3.17. The van der Waals surface area contributed by atoms with Crippen molar-refractivity contribution in [2.24, 2.45) is 0 Å². The summed E-state index contributed by atoms with van der Waals surface area (Å²) in [4.78, 5) is 17.4. The molecule has 2 aromatic rings. The van der Waals surface area contributed by atoms with Crippen LogP contribution in [0.5, 0.6) is 0 Å². The molecule has 0 spiro atoms. The Morgan fingerprint density at radius 2 is 2.09 bits per heavy atom. The smallest absolute Gasteiger partial charge is 0.234 e. The van der Waals surface area contributed by atoms with E-state index in [0.29, 0.717) is 5.75 Å². The van der Waals surface area contributed by atoms with Gasteiger partial charge in [0.05, 0.1) is 22.7 Å². The minimum Gasteiger partial charge on any atom is -0.324 e. The number of fused-ring (bicyclic) bond motifs is 1. The number of carbonyl (C=O) groups excluding carboxylic acids is 1. The van der Waals surface area contributed by atoms with Crippen molar-refractivity contribution < 1.29 is 4.79 Å². The number of nitrogens with zero attached hydrogens (tertiary/aromatic N) is 1. The lowest BCUT2D eigenvalue weighted by atomic mass is 10.1. The number of pyridine rings is 1. The van der Waals surface area contributed by atoms with E-state index >= 15 is 0 Å². The largest absolute Gasteiger partial charge is 0.324 e. The maximum Gasteiger partial charge on any atom is 0.234 e. The number of aromatic nitrogens is 1. The van der Waals surface area contributed by atoms with Crippen LogP contribution in [-0.2, 0) is 17.6 Å². The zero-order valence-electron chi connectivity index (χ0n) is 12.5. The molecule has 1 aliphatic rings. The van der Waals surface area contributed by atoms with Crippen molar-refractivity contribution in [3.63, 3.8) is 0 Å². The maximum absolute atomic E-state index is 12.0. The molecule has 0 bridgehead atoms. The quantitative estimate of drug-likeness (QED) is 0.841. The van der Waals surface area contributed by atoms with Crippen molar-refractivity contribution in [3.05, 3.63) is 47.7 Å². The zero-order chi connectivity index (χ0) is 15.4. The summed E-state index contributed by atoms with van der Waals surface area (Å²) in [6.07, 6.45) is 7.30. The zero-order valence-corrected chi connectivity index (χ0v) is 14.1. The monoisotopic (exact) mass is 330 g/mol. The summed E-state index contributed by atoms with van der Waals surface area (Å²) in [7, 11) is 0. The molecule has 0 atom stereocenters. The van der Waals surface area contributed by atoms with Gasteiger partial charge in [-0.2, -0.15) is 0 Å². The second-order valence-electron chi connectivity index (χ2n) is 5.21. The van der Waals surface area contributed by atoms with E-state index in [4.69, 9.17) is 0 Å². The van der Waals surface area contributed by atoms with Crippen LogP contribution in [0.25, 0.3) is 0 Å². The fourth-order valence-corrected chi connectivity index (χ4v) is 3.68. The van der Waals surface area contributed by atoms with Gasteiger partial charge in [-0.1, -0.05) is 6.07 Å². The Hall–Kier alpha value is -1.46. The van der Waals surface area contributed by atoms with Crippen LogP contribution in [0.3, 0.4) is 0 Å². The van der Waals surface area contributed by atoms with Gasteiger partial charge in [-0.05, 0) is 60.9 Å². The fraction of sp³-hybridized carbons (Fsp3) is 0.294. The van der Waals surface area contributed by atoms with Gasteiger partial charge in [0.25, 0.3) is 0 Å². The normalized spacial score (nSPS) is 13.0. The molecule has 1 aromatic heterocycles. The lowest BCUT2D eigenvalue weighted by molar-refractivity contribution is -0.113. The van der Waals surface area contributed by atoms with E-state index in [2.05, 4.69) is 28.5 Å². The van der Waals surface area contributed by atoms with E-state index in [1.54, 1.807) is 29.7 Å². The molecule has 1 heterocycles. The minimum atomic E-state index is 0.00389. The first-order valence-electron chi connectivity index (χ1n) is 7.29. The van der Waals surface area contributed by atoms with Crippen molar-refractivity contribution in [2.75, 3.05) is 17.3 Å². The minimum absolute atomic E-state index is 0.00389. The van der Waals surface area contributed by atoms with E-state index in [9.17, 15) is 4.79 Å². The second-order valence-corrected chi connectivity index (χ2v) is 7.09. The van der Waals surface area contributed by atoms with Crippen LogP contribution in [-0.4, -0.2) is 22.9 Å². The summed E-state index contributed by atoms with van der Waals surface area (Å²) in [5.41, 5.74) is 3.66. The molecule has 0 saturated carbocycles. The Balaban J connectivity index is 1.53. The molecule has 0 unspecified atom stereocenters. The van der Waals surface area contributed by atoms with Crippen molar-refractivity contribution in [1.82, 2.24) is 4.98 Å². The molecule has 0 fully saturated rings. The lowest BCUT2D eigenvalue weighted by Gasteiger charge is -2.07. The summed E-state index contributed by atoms with van der Waals surface area (Å²) < 4.78 is 0. The summed E-state index contributed by atoms with van der Waals surface area (Å²) in [5, 5.41) is 3.83. The standard InChI is InChI=1S/C17H18N2OS2/c1-21-17-8-6-14(10-18-17)19-16(20)11-22-15-7-5-12-3-2-4-13(12)9-15/h5-10H,2-4,11H2,1H3,(H,19,20). The van der Waals surface area contributed by atoms with Gasteiger partial charge < -0.3 is 5.32 Å². The molecular weight excluding hydrogens is 312 g/mol. The molecule has 1 aliphatic carbocycles. The van der Waals surface area contributed by atoms with E-state index in [1.807, 2.05) is 18.4 Å². The Bertz CT molecular complexity index is 671. The van der Waals surface area contributed by atoms with Crippen LogP contribution >= 0.6 is 23.5 Å². The third kappa shape index (κ3) is 3.84. The molecule has 0 saturated heterocycles. The molecule has 114 valence electrons. The lowest BCUT2D eigenvalue weighted by Crippen LogP contribution is -2.14. The topological polar surface area (TPSA) is 42.0 Å². The van der Waals surface area contributed by atoms with Gasteiger partial charge in [-0.25, -0.2) is 4.98 Å². The average Bonchev–Trinajstić information content (AvgIpc) is 3.01. The molecule has 0 radical (unpaired) electrons. The van der Waals surface area contributed by atoms with Gasteiger partial charge in [-0.15, -0.1) is 23.5 Å². The highest BCUT2D eigenvalue weighted by atomic mass is 32.2. The first kappa shape index (κ1) is 15.4. The van der Waals surface area contributed by atoms with Crippen molar-refractivity contribution >= 4 is 35.1 Å². The van der Waals surface area contributed by atoms with E-state index in [1.165, 1.54) is 35.3 Å². The first-order valence-corrected chi connectivity index (χ1v) is 9.50. The van der Waals surface area contributed by atoms with Gasteiger partial charge in [0, 0.05) is 4.90 Å². The molecule has 0 aliphatic heterocycles. The van der Waals surface area contributed by atoms with Crippen molar-refractivity contribution in [2.45, 2.75) is 29.2 Å². The number of aryl methyl sites for hydroxylation is 2. The Labute approximate surface area is 139 Å². The van der Waals surface area contributed by atoms with Gasteiger partial charge in [-0.3, -0.25) is 4.79 Å². The molecule has 1 N–H and O–H groups in total. The number of benzene rings is 1. The van der Waals surface area contributed by atoms with Crippen LogP contribution in [0.1, 0.15) is 17.5 Å². The summed E-state index contributed by atoms with van der Waals surface area (Å²) in [6.45, 7) is 0. The summed E-state index contributed by atoms with van der Waals surface area (Å²) in [5.74, 6) is 0.424. The number of hydrogen-bond donors (Lipinski definition) is 1. The van der Waals surface area contributed by atoms with Crippen molar-refractivity contribution in [1.29, 1.82) is 0 Å². The van der Waals surface area contributed by atoms with Crippen molar-refractivity contribution in [3.8, 4) is 0 Å². The first-order chi connectivity index (χ1) is 10.7. The average molecular weight is 330 g/mol. The number of hydrogen-bond acceptors (Lipinski definition) is 4. The van der Waals surface area contributed by atoms with Crippen LogP contribution in [0.2, 0.25) is 0 Å². The fourth-order valence-electron chi connectivity index (χ4n) is 2.56. The number of nitrogens with one attached hydrogen (secondary N) is 1. The van der Waals surface area contributed by atoms with E-state index < -0.39 is 0 Å². The predicted molar refractivity (Wildman–Crippen MR) is 93.8 cm³/mol. The SMILES string of the molecule is CSc1ccc(NC(=O)CSc2ccc3c(c2)CCC3)cn1. The highest BCUT2D eigenvalue weighted by Crippen LogP contribution is 2.27.